The second-order valence-corrected chi connectivity index (χ2v) is 6.36. The molecule has 0 aromatic heterocycles. The minimum absolute atomic E-state index is 0.152. The second kappa shape index (κ2) is 8.47. The maximum Gasteiger partial charge on any atom is 0.123 e. The summed E-state index contributed by atoms with van der Waals surface area (Å²) in [5.74, 6) is -0.215. The smallest absolute Gasteiger partial charge is 0.123 e. The zero-order valence-electron chi connectivity index (χ0n) is 13.7. The molecule has 21 heavy (non-hydrogen) atoms. The van der Waals surface area contributed by atoms with Gasteiger partial charge < -0.3 is 15.3 Å². The van der Waals surface area contributed by atoms with Gasteiger partial charge in [-0.25, -0.2) is 4.39 Å². The molecule has 0 radical (unpaired) electrons. The third-order valence-electron chi connectivity index (χ3n) is 3.50. The molecule has 120 valence electrons. The van der Waals surface area contributed by atoms with E-state index in [1.165, 1.54) is 12.1 Å². The highest BCUT2D eigenvalue weighted by molar-refractivity contribution is 5.20. The average molecular weight is 296 g/mol. The molecule has 0 aliphatic rings. The lowest BCUT2D eigenvalue weighted by molar-refractivity contribution is 0.0309. The van der Waals surface area contributed by atoms with Gasteiger partial charge in [-0.1, -0.05) is 31.9 Å². The summed E-state index contributed by atoms with van der Waals surface area (Å²) in [6.45, 7) is 5.10. The Bertz CT molecular complexity index is 404. The number of unbranched alkanes of at least 4 members (excludes halogenated alkanes) is 1. The van der Waals surface area contributed by atoms with Crippen molar-refractivity contribution in [3.8, 4) is 0 Å². The van der Waals surface area contributed by atoms with Crippen molar-refractivity contribution in [1.29, 1.82) is 0 Å². The Morgan fingerprint density at radius 1 is 1.29 bits per heavy atom. The van der Waals surface area contributed by atoms with Gasteiger partial charge in [0.1, 0.15) is 5.82 Å². The number of nitrogens with zero attached hydrogens (tertiary/aromatic N) is 1. The van der Waals surface area contributed by atoms with Crippen LogP contribution in [-0.2, 0) is 0 Å². The number of halogens is 1. The molecule has 0 spiro atoms. The topological polar surface area (TPSA) is 35.5 Å². The molecule has 0 fully saturated rings. The highest BCUT2D eigenvalue weighted by atomic mass is 19.1. The van der Waals surface area contributed by atoms with Crippen molar-refractivity contribution >= 4 is 0 Å². The fraction of sp³-hybridized carbons (Fsp3) is 0.647. The van der Waals surface area contributed by atoms with E-state index >= 15 is 0 Å². The summed E-state index contributed by atoms with van der Waals surface area (Å²) in [5.41, 5.74) is 0.291. The number of likely N-dealkylation sites (N-methyl/N-ethyl adjacent to an activating group) is 1. The van der Waals surface area contributed by atoms with Crippen LogP contribution in [0, 0.1) is 5.82 Å². The van der Waals surface area contributed by atoms with E-state index in [1.807, 2.05) is 38.1 Å². The third kappa shape index (κ3) is 7.02. The Balaban J connectivity index is 2.68. The van der Waals surface area contributed by atoms with Crippen LogP contribution in [0.2, 0.25) is 0 Å². The molecule has 1 rings (SSSR count). The van der Waals surface area contributed by atoms with Gasteiger partial charge in [0.05, 0.1) is 5.60 Å². The Kier molecular flexibility index (Phi) is 7.29. The van der Waals surface area contributed by atoms with Crippen LogP contribution in [-0.4, -0.2) is 42.8 Å². The largest absolute Gasteiger partial charge is 0.388 e. The first kappa shape index (κ1) is 18.1. The maximum absolute atomic E-state index is 13.1. The lowest BCUT2D eigenvalue weighted by Gasteiger charge is -2.30. The highest BCUT2D eigenvalue weighted by Gasteiger charge is 2.23. The predicted molar refractivity (Wildman–Crippen MR) is 85.8 cm³/mol. The molecule has 0 aliphatic carbocycles. The lowest BCUT2D eigenvalue weighted by atomic mass is 9.99. The number of hydrogen-bond acceptors (Lipinski definition) is 3. The summed E-state index contributed by atoms with van der Waals surface area (Å²) in [7, 11) is 3.89. The van der Waals surface area contributed by atoms with Gasteiger partial charge in [0, 0.05) is 19.1 Å². The van der Waals surface area contributed by atoms with Crippen molar-refractivity contribution in [1.82, 2.24) is 10.2 Å². The molecule has 0 bridgehead atoms. The Morgan fingerprint density at radius 2 is 1.90 bits per heavy atom. The molecule has 4 heteroatoms. The van der Waals surface area contributed by atoms with Crippen molar-refractivity contribution in [2.24, 2.45) is 0 Å². The van der Waals surface area contributed by atoms with Gasteiger partial charge in [-0.3, -0.25) is 0 Å². The first-order valence-corrected chi connectivity index (χ1v) is 7.70. The van der Waals surface area contributed by atoms with Gasteiger partial charge in [-0.05, 0) is 45.1 Å². The number of nitrogens with one attached hydrogen (secondary N) is 1. The minimum atomic E-state index is -0.784. The quantitative estimate of drug-likeness (QED) is 0.735. The van der Waals surface area contributed by atoms with E-state index in [4.69, 9.17) is 0 Å². The van der Waals surface area contributed by atoms with Crippen LogP contribution in [0.5, 0.6) is 0 Å². The predicted octanol–water partition coefficient (Wildman–Crippen LogP) is 2.96. The first-order valence-electron chi connectivity index (χ1n) is 7.70. The van der Waals surface area contributed by atoms with Crippen LogP contribution in [0.25, 0.3) is 0 Å². The molecule has 0 aliphatic heterocycles. The van der Waals surface area contributed by atoms with Crippen LogP contribution in [0.15, 0.2) is 24.3 Å². The Morgan fingerprint density at radius 3 is 2.43 bits per heavy atom. The summed E-state index contributed by atoms with van der Waals surface area (Å²) in [5, 5.41) is 13.8. The molecule has 2 N–H and O–H groups in total. The van der Waals surface area contributed by atoms with E-state index in [-0.39, 0.29) is 11.9 Å². The average Bonchev–Trinajstić information content (AvgIpc) is 2.39. The van der Waals surface area contributed by atoms with Gasteiger partial charge in [0.15, 0.2) is 0 Å². The lowest BCUT2D eigenvalue weighted by Crippen LogP contribution is -2.46. The van der Waals surface area contributed by atoms with Gasteiger partial charge in [0.25, 0.3) is 0 Å². The molecule has 0 amide bonds. The number of aliphatic hydroxyl groups is 1. The second-order valence-electron chi connectivity index (χ2n) is 6.36. The fourth-order valence-electron chi connectivity index (χ4n) is 2.57. The number of rotatable bonds is 9. The van der Waals surface area contributed by atoms with Crippen molar-refractivity contribution in [3.63, 3.8) is 0 Å². The third-order valence-corrected chi connectivity index (χ3v) is 3.50. The SMILES string of the molecule is CCCCC(NCC(C)(O)CN(C)C)c1ccc(F)cc1. The molecule has 2 atom stereocenters. The molecular weight excluding hydrogens is 267 g/mol. The van der Waals surface area contributed by atoms with Crippen LogP contribution in [0.4, 0.5) is 4.39 Å². The summed E-state index contributed by atoms with van der Waals surface area (Å²) in [6.07, 6.45) is 3.21. The normalized spacial score (nSPS) is 16.0. The summed E-state index contributed by atoms with van der Waals surface area (Å²) in [6, 6.07) is 6.79. The van der Waals surface area contributed by atoms with E-state index in [1.54, 1.807) is 0 Å². The summed E-state index contributed by atoms with van der Waals surface area (Å²) >= 11 is 0. The number of hydrogen-bond donors (Lipinski definition) is 2. The van der Waals surface area contributed by atoms with Gasteiger partial charge in [-0.2, -0.15) is 0 Å². The van der Waals surface area contributed by atoms with E-state index < -0.39 is 5.60 Å². The zero-order chi connectivity index (χ0) is 15.9. The van der Waals surface area contributed by atoms with Crippen LogP contribution in [0.3, 0.4) is 0 Å². The fourth-order valence-corrected chi connectivity index (χ4v) is 2.57. The molecule has 0 saturated heterocycles. The standard InChI is InChI=1S/C17H29FN2O/c1-5-6-7-16(14-8-10-15(18)11-9-14)19-12-17(2,21)13-20(3)4/h8-11,16,19,21H,5-7,12-13H2,1-4H3. The maximum atomic E-state index is 13.1. The zero-order valence-corrected chi connectivity index (χ0v) is 13.7. The van der Waals surface area contributed by atoms with E-state index in [2.05, 4.69) is 12.2 Å². The van der Waals surface area contributed by atoms with Gasteiger partial charge in [0.2, 0.25) is 0 Å². The van der Waals surface area contributed by atoms with Crippen LogP contribution in [0.1, 0.15) is 44.7 Å². The van der Waals surface area contributed by atoms with E-state index in [0.29, 0.717) is 13.1 Å². The van der Waals surface area contributed by atoms with Crippen molar-refractivity contribution in [2.45, 2.75) is 44.8 Å². The van der Waals surface area contributed by atoms with Crippen LogP contribution < -0.4 is 5.32 Å². The monoisotopic (exact) mass is 296 g/mol. The van der Waals surface area contributed by atoms with Gasteiger partial charge >= 0.3 is 0 Å². The molecule has 0 saturated carbocycles. The molecule has 0 heterocycles. The van der Waals surface area contributed by atoms with Crippen molar-refractivity contribution in [2.75, 3.05) is 27.2 Å². The first-order chi connectivity index (χ1) is 9.84. The van der Waals surface area contributed by atoms with E-state index in [9.17, 15) is 9.50 Å². The summed E-state index contributed by atoms with van der Waals surface area (Å²) < 4.78 is 13.1. The molecule has 2 unspecified atom stereocenters. The van der Waals surface area contributed by atoms with Gasteiger partial charge in [-0.15, -0.1) is 0 Å². The number of benzene rings is 1. The Labute approximate surface area is 128 Å². The van der Waals surface area contributed by atoms with Crippen molar-refractivity contribution in [3.05, 3.63) is 35.6 Å². The molecule has 3 nitrogen and oxygen atoms in total. The Hall–Kier alpha value is -0.970. The molecular formula is C17H29FN2O. The van der Waals surface area contributed by atoms with Crippen LogP contribution >= 0.6 is 0 Å². The minimum Gasteiger partial charge on any atom is -0.388 e. The molecule has 1 aromatic carbocycles. The van der Waals surface area contributed by atoms with E-state index in [0.717, 1.165) is 24.8 Å². The highest BCUT2D eigenvalue weighted by Crippen LogP contribution is 2.20. The molecule has 1 aromatic rings. The summed E-state index contributed by atoms with van der Waals surface area (Å²) in [4.78, 5) is 1.97. The van der Waals surface area contributed by atoms with Crippen molar-refractivity contribution < 1.29 is 9.50 Å².